The maximum absolute atomic E-state index is 13.2. The highest BCUT2D eigenvalue weighted by Crippen LogP contribution is 2.28. The number of halogens is 4. The molecule has 2 aromatic rings. The average molecular weight is 536 g/mol. The topological polar surface area (TPSA) is 49.4 Å². The van der Waals surface area contributed by atoms with Gasteiger partial charge in [-0.15, -0.1) is 11.8 Å². The Hall–Kier alpha value is -1.11. The van der Waals surface area contributed by atoms with Crippen molar-refractivity contribution < 1.29 is 9.59 Å². The zero-order valence-corrected chi connectivity index (χ0v) is 22.0. The van der Waals surface area contributed by atoms with Crippen molar-refractivity contribution in [3.05, 3.63) is 67.6 Å². The van der Waals surface area contributed by atoms with Crippen LogP contribution in [0.15, 0.2) is 36.4 Å². The van der Waals surface area contributed by atoms with Crippen LogP contribution in [0, 0.1) is 5.92 Å². The molecule has 0 aliphatic heterocycles. The number of carbonyl (C=O) groups is 2. The van der Waals surface area contributed by atoms with Crippen molar-refractivity contribution in [2.45, 2.75) is 39.1 Å². The Balaban J connectivity index is 2.13. The summed E-state index contributed by atoms with van der Waals surface area (Å²) in [6.45, 7) is 6.40. The van der Waals surface area contributed by atoms with Crippen molar-refractivity contribution in [3.8, 4) is 0 Å². The standard InChI is InChI=1S/C23H26Cl4N2O2S/c1-14(2)10-28-23(31)15(3)29(11-17-18(24)5-4-6-19(17)25)22(30)13-32-12-16-7-8-20(26)21(27)9-16/h4-9,14-15H,10-13H2,1-3H3,(H,28,31)/t15-/m1/s1. The molecule has 0 unspecified atom stereocenters. The molecule has 1 atom stereocenters. The number of carbonyl (C=O) groups excluding carboxylic acids is 2. The van der Waals surface area contributed by atoms with E-state index in [-0.39, 0.29) is 24.1 Å². The monoisotopic (exact) mass is 534 g/mol. The molecule has 0 fully saturated rings. The summed E-state index contributed by atoms with van der Waals surface area (Å²) in [6.07, 6.45) is 0. The summed E-state index contributed by atoms with van der Waals surface area (Å²) in [5.74, 6) is 0.666. The van der Waals surface area contributed by atoms with Crippen molar-refractivity contribution in [1.82, 2.24) is 10.2 Å². The van der Waals surface area contributed by atoms with Crippen LogP contribution in [0.4, 0.5) is 0 Å². The molecule has 0 aliphatic carbocycles. The molecular formula is C23H26Cl4N2O2S. The Morgan fingerprint density at radius 3 is 2.22 bits per heavy atom. The van der Waals surface area contributed by atoms with E-state index < -0.39 is 6.04 Å². The summed E-state index contributed by atoms with van der Waals surface area (Å²) in [4.78, 5) is 27.4. The first-order valence-electron chi connectivity index (χ1n) is 10.1. The van der Waals surface area contributed by atoms with Crippen LogP contribution in [0.25, 0.3) is 0 Å². The molecule has 32 heavy (non-hydrogen) atoms. The molecule has 0 bridgehead atoms. The molecule has 9 heteroatoms. The van der Waals surface area contributed by atoms with Crippen LogP contribution in [0.5, 0.6) is 0 Å². The van der Waals surface area contributed by atoms with E-state index in [1.807, 2.05) is 19.9 Å². The summed E-state index contributed by atoms with van der Waals surface area (Å²) in [5.41, 5.74) is 1.57. The van der Waals surface area contributed by atoms with Crippen LogP contribution >= 0.6 is 58.2 Å². The fourth-order valence-electron chi connectivity index (χ4n) is 2.86. The fraction of sp³-hybridized carbons (Fsp3) is 0.391. The second kappa shape index (κ2) is 13.0. The van der Waals surface area contributed by atoms with Crippen molar-refractivity contribution in [1.29, 1.82) is 0 Å². The summed E-state index contributed by atoms with van der Waals surface area (Å²) < 4.78 is 0. The van der Waals surface area contributed by atoms with Gasteiger partial charge in [-0.3, -0.25) is 9.59 Å². The molecule has 1 N–H and O–H groups in total. The Morgan fingerprint density at radius 1 is 0.969 bits per heavy atom. The van der Waals surface area contributed by atoms with E-state index in [4.69, 9.17) is 46.4 Å². The molecule has 4 nitrogen and oxygen atoms in total. The van der Waals surface area contributed by atoms with Gasteiger partial charge in [0.05, 0.1) is 15.8 Å². The van der Waals surface area contributed by atoms with Crippen LogP contribution < -0.4 is 5.32 Å². The first-order valence-corrected chi connectivity index (χ1v) is 12.8. The maximum atomic E-state index is 13.2. The minimum Gasteiger partial charge on any atom is -0.354 e. The molecule has 0 heterocycles. The van der Waals surface area contributed by atoms with Crippen LogP contribution in [0.2, 0.25) is 20.1 Å². The number of thioether (sulfide) groups is 1. The lowest BCUT2D eigenvalue weighted by molar-refractivity contribution is -0.138. The lowest BCUT2D eigenvalue weighted by Gasteiger charge is -2.29. The van der Waals surface area contributed by atoms with Crippen LogP contribution in [0.1, 0.15) is 31.9 Å². The smallest absolute Gasteiger partial charge is 0.242 e. The van der Waals surface area contributed by atoms with Gasteiger partial charge < -0.3 is 10.2 Å². The molecule has 0 aliphatic rings. The summed E-state index contributed by atoms with van der Waals surface area (Å²) in [5, 5.41) is 4.76. The number of hydrogen-bond donors (Lipinski definition) is 1. The maximum Gasteiger partial charge on any atom is 0.242 e. The van der Waals surface area contributed by atoms with Crippen molar-refractivity contribution >= 4 is 70.0 Å². The van der Waals surface area contributed by atoms with Crippen LogP contribution in [-0.4, -0.2) is 35.1 Å². The fourth-order valence-corrected chi connectivity index (χ4v) is 4.55. The highest BCUT2D eigenvalue weighted by molar-refractivity contribution is 7.99. The Kier molecular flexibility index (Phi) is 11.0. The predicted molar refractivity (Wildman–Crippen MR) is 137 cm³/mol. The average Bonchev–Trinajstić information content (AvgIpc) is 2.73. The van der Waals surface area contributed by atoms with Gasteiger partial charge in [0.15, 0.2) is 0 Å². The predicted octanol–water partition coefficient (Wildman–Crippen LogP) is 6.72. The number of nitrogens with one attached hydrogen (secondary N) is 1. The first-order chi connectivity index (χ1) is 15.1. The zero-order chi connectivity index (χ0) is 23.8. The zero-order valence-electron chi connectivity index (χ0n) is 18.1. The third kappa shape index (κ3) is 8.03. The largest absolute Gasteiger partial charge is 0.354 e. The van der Waals surface area contributed by atoms with Crippen molar-refractivity contribution in [2.24, 2.45) is 5.92 Å². The number of rotatable bonds is 10. The first kappa shape index (κ1) is 27.1. The van der Waals surface area contributed by atoms with Gasteiger partial charge in [0.1, 0.15) is 6.04 Å². The van der Waals surface area contributed by atoms with Gasteiger partial charge in [0, 0.05) is 34.5 Å². The van der Waals surface area contributed by atoms with Gasteiger partial charge in [-0.2, -0.15) is 0 Å². The highest BCUT2D eigenvalue weighted by Gasteiger charge is 2.27. The number of nitrogens with zero attached hydrogens (tertiary/aromatic N) is 1. The molecule has 2 aromatic carbocycles. The van der Waals surface area contributed by atoms with Gasteiger partial charge in [-0.25, -0.2) is 0 Å². The van der Waals surface area contributed by atoms with Crippen LogP contribution in [-0.2, 0) is 21.9 Å². The number of benzene rings is 2. The van der Waals surface area contributed by atoms with E-state index in [9.17, 15) is 9.59 Å². The van der Waals surface area contributed by atoms with E-state index in [1.165, 1.54) is 16.7 Å². The van der Waals surface area contributed by atoms with Gasteiger partial charge >= 0.3 is 0 Å². The number of amides is 2. The normalized spacial score (nSPS) is 12.0. The summed E-state index contributed by atoms with van der Waals surface area (Å²) in [6, 6.07) is 9.88. The van der Waals surface area contributed by atoms with Crippen molar-refractivity contribution in [3.63, 3.8) is 0 Å². The lowest BCUT2D eigenvalue weighted by Crippen LogP contribution is -2.48. The molecule has 0 saturated carbocycles. The van der Waals surface area contributed by atoms with Crippen molar-refractivity contribution in [2.75, 3.05) is 12.3 Å². The minimum atomic E-state index is -0.681. The van der Waals surface area contributed by atoms with E-state index >= 15 is 0 Å². The third-order valence-electron chi connectivity index (χ3n) is 4.72. The molecule has 2 rings (SSSR count). The van der Waals surface area contributed by atoms with E-state index in [0.717, 1.165) is 5.56 Å². The Morgan fingerprint density at radius 2 is 1.62 bits per heavy atom. The molecular weight excluding hydrogens is 510 g/mol. The lowest BCUT2D eigenvalue weighted by atomic mass is 10.1. The van der Waals surface area contributed by atoms with Crippen LogP contribution in [0.3, 0.4) is 0 Å². The highest BCUT2D eigenvalue weighted by atomic mass is 35.5. The Bertz CT molecular complexity index is 935. The second-order valence-electron chi connectivity index (χ2n) is 7.78. The molecule has 0 radical (unpaired) electrons. The Labute approximate surface area is 213 Å². The van der Waals surface area contributed by atoms with Gasteiger partial charge in [-0.1, -0.05) is 72.4 Å². The molecule has 174 valence electrons. The second-order valence-corrected chi connectivity index (χ2v) is 10.4. The van der Waals surface area contributed by atoms with Gasteiger partial charge in [0.25, 0.3) is 0 Å². The third-order valence-corrected chi connectivity index (χ3v) is 7.16. The molecule has 0 aromatic heterocycles. The summed E-state index contributed by atoms with van der Waals surface area (Å²) in [7, 11) is 0. The quantitative estimate of drug-likeness (QED) is 0.367. The van der Waals surface area contributed by atoms with E-state index in [2.05, 4.69) is 5.32 Å². The van der Waals surface area contributed by atoms with E-state index in [0.29, 0.717) is 43.9 Å². The van der Waals surface area contributed by atoms with Gasteiger partial charge in [-0.05, 0) is 42.7 Å². The van der Waals surface area contributed by atoms with Gasteiger partial charge in [0.2, 0.25) is 11.8 Å². The minimum absolute atomic E-state index is 0.140. The summed E-state index contributed by atoms with van der Waals surface area (Å²) >= 11 is 26.1. The molecule has 0 saturated heterocycles. The number of hydrogen-bond acceptors (Lipinski definition) is 3. The SMILES string of the molecule is CC(C)CNC(=O)[C@@H](C)N(Cc1c(Cl)cccc1Cl)C(=O)CSCc1ccc(Cl)c(Cl)c1. The molecule has 2 amide bonds. The van der Waals surface area contributed by atoms with E-state index in [1.54, 1.807) is 37.3 Å². The molecule has 0 spiro atoms.